The average Bonchev–Trinajstić information content (AvgIpc) is 2.67. The fourth-order valence-electron chi connectivity index (χ4n) is 3.29. The molecular formula is C19H27ClN2O5S. The van der Waals surface area contributed by atoms with Crippen LogP contribution in [-0.2, 0) is 19.6 Å². The number of esters is 1. The van der Waals surface area contributed by atoms with E-state index in [0.29, 0.717) is 6.54 Å². The summed E-state index contributed by atoms with van der Waals surface area (Å²) >= 11 is 6.07. The second kappa shape index (κ2) is 9.71. The highest BCUT2D eigenvalue weighted by Crippen LogP contribution is 2.26. The van der Waals surface area contributed by atoms with Crippen molar-refractivity contribution in [2.75, 3.05) is 26.2 Å². The van der Waals surface area contributed by atoms with E-state index in [2.05, 4.69) is 0 Å². The van der Waals surface area contributed by atoms with Crippen molar-refractivity contribution in [3.05, 3.63) is 28.8 Å². The third kappa shape index (κ3) is 5.04. The lowest BCUT2D eigenvalue weighted by Gasteiger charge is -2.33. The molecule has 28 heavy (non-hydrogen) atoms. The van der Waals surface area contributed by atoms with Crippen molar-refractivity contribution in [2.24, 2.45) is 0 Å². The van der Waals surface area contributed by atoms with Gasteiger partial charge in [0.1, 0.15) is 4.90 Å². The summed E-state index contributed by atoms with van der Waals surface area (Å²) in [5, 5.41) is 0.0293. The Labute approximate surface area is 171 Å². The maximum atomic E-state index is 12.7. The van der Waals surface area contributed by atoms with Gasteiger partial charge in [0.25, 0.3) is 5.91 Å². The molecule has 1 aliphatic rings. The van der Waals surface area contributed by atoms with E-state index in [1.165, 1.54) is 22.5 Å². The molecule has 1 aliphatic heterocycles. The Hall–Kier alpha value is -1.64. The van der Waals surface area contributed by atoms with Gasteiger partial charge in [0.2, 0.25) is 10.0 Å². The van der Waals surface area contributed by atoms with E-state index in [9.17, 15) is 18.0 Å². The zero-order valence-electron chi connectivity index (χ0n) is 16.5. The fourth-order valence-corrected chi connectivity index (χ4v) is 5.25. The van der Waals surface area contributed by atoms with E-state index in [1.54, 1.807) is 18.7 Å². The van der Waals surface area contributed by atoms with Gasteiger partial charge in [0.15, 0.2) is 6.61 Å². The Morgan fingerprint density at radius 3 is 2.54 bits per heavy atom. The minimum Gasteiger partial charge on any atom is -0.452 e. The van der Waals surface area contributed by atoms with Crippen LogP contribution in [0.25, 0.3) is 0 Å². The van der Waals surface area contributed by atoms with Crippen molar-refractivity contribution in [1.29, 1.82) is 0 Å². The second-order valence-electron chi connectivity index (χ2n) is 6.74. The molecule has 1 amide bonds. The molecule has 0 aromatic heterocycles. The van der Waals surface area contributed by atoms with Crippen LogP contribution in [0, 0.1) is 0 Å². The normalized spacial score (nSPS) is 17.6. The summed E-state index contributed by atoms with van der Waals surface area (Å²) in [6.07, 6.45) is 2.95. The largest absolute Gasteiger partial charge is 0.452 e. The first kappa shape index (κ1) is 22.6. The van der Waals surface area contributed by atoms with Gasteiger partial charge >= 0.3 is 5.97 Å². The number of nitrogens with zero attached hydrogens (tertiary/aromatic N) is 2. The van der Waals surface area contributed by atoms with Gasteiger partial charge in [0, 0.05) is 25.7 Å². The van der Waals surface area contributed by atoms with Crippen molar-refractivity contribution in [2.45, 2.75) is 51.0 Å². The molecule has 0 aliphatic carbocycles. The van der Waals surface area contributed by atoms with Crippen molar-refractivity contribution in [3.8, 4) is 0 Å². The van der Waals surface area contributed by atoms with Gasteiger partial charge < -0.3 is 9.64 Å². The van der Waals surface area contributed by atoms with Gasteiger partial charge in [-0.3, -0.25) is 4.79 Å². The fraction of sp³-hybridized carbons (Fsp3) is 0.579. The number of carbonyl (C=O) groups is 2. The van der Waals surface area contributed by atoms with Crippen LogP contribution >= 0.6 is 11.6 Å². The first-order chi connectivity index (χ1) is 13.2. The Kier molecular flexibility index (Phi) is 7.86. The predicted molar refractivity (Wildman–Crippen MR) is 107 cm³/mol. The van der Waals surface area contributed by atoms with E-state index in [-0.39, 0.29) is 47.1 Å². The molecule has 0 spiro atoms. The van der Waals surface area contributed by atoms with Crippen LogP contribution in [-0.4, -0.2) is 61.8 Å². The summed E-state index contributed by atoms with van der Waals surface area (Å²) in [7, 11) is -3.83. The Morgan fingerprint density at radius 1 is 1.25 bits per heavy atom. The number of hydrogen-bond donors (Lipinski definition) is 0. The van der Waals surface area contributed by atoms with Crippen LogP contribution in [0.2, 0.25) is 5.02 Å². The predicted octanol–water partition coefficient (Wildman–Crippen LogP) is 2.93. The van der Waals surface area contributed by atoms with E-state index in [0.717, 1.165) is 19.3 Å². The van der Waals surface area contributed by atoms with Crippen molar-refractivity contribution >= 4 is 33.5 Å². The molecule has 2 rings (SSSR count). The number of hydrogen-bond acceptors (Lipinski definition) is 5. The number of sulfonamides is 1. The summed E-state index contributed by atoms with van der Waals surface area (Å²) in [5.41, 5.74) is 0.0367. The topological polar surface area (TPSA) is 84.0 Å². The van der Waals surface area contributed by atoms with Gasteiger partial charge in [-0.2, -0.15) is 4.31 Å². The van der Waals surface area contributed by atoms with Crippen molar-refractivity contribution < 1.29 is 22.7 Å². The SMILES string of the molecule is CCN(CC)S(=O)(=O)c1cc(C(=O)OCC(=O)N2CCCCC2C)ccc1Cl. The number of rotatable bonds is 7. The molecule has 1 unspecified atom stereocenters. The number of amides is 1. The monoisotopic (exact) mass is 430 g/mol. The summed E-state index contributed by atoms with van der Waals surface area (Å²) in [4.78, 5) is 26.3. The molecule has 1 atom stereocenters. The Balaban J connectivity index is 2.13. The lowest BCUT2D eigenvalue weighted by molar-refractivity contribution is -0.137. The van der Waals surface area contributed by atoms with Gasteiger partial charge in [-0.05, 0) is 44.4 Å². The standard InChI is InChI=1S/C19H27ClN2O5S/c1-4-21(5-2)28(25,26)17-12-15(9-10-16(17)20)19(24)27-13-18(23)22-11-7-6-8-14(22)3/h9-10,12,14H,4-8,11,13H2,1-3H3. The highest BCUT2D eigenvalue weighted by atomic mass is 35.5. The number of benzene rings is 1. The molecule has 7 nitrogen and oxygen atoms in total. The summed E-state index contributed by atoms with van der Waals surface area (Å²) in [6.45, 7) is 6.27. The quantitative estimate of drug-likeness (QED) is 0.621. The lowest BCUT2D eigenvalue weighted by atomic mass is 10.0. The summed E-state index contributed by atoms with van der Waals surface area (Å²) < 4.78 is 31.8. The Bertz CT molecular complexity index is 824. The van der Waals surface area contributed by atoms with Crippen LogP contribution in [0.3, 0.4) is 0 Å². The zero-order chi connectivity index (χ0) is 20.9. The third-order valence-corrected chi connectivity index (χ3v) is 7.47. The molecule has 1 aromatic carbocycles. The molecule has 0 N–H and O–H groups in total. The van der Waals surface area contributed by atoms with E-state index < -0.39 is 16.0 Å². The van der Waals surface area contributed by atoms with Crippen LogP contribution in [0.15, 0.2) is 23.1 Å². The molecule has 1 fully saturated rings. The van der Waals surface area contributed by atoms with Gasteiger partial charge in [-0.15, -0.1) is 0 Å². The number of piperidine rings is 1. The number of ether oxygens (including phenoxy) is 1. The minimum absolute atomic E-state index is 0.0293. The third-order valence-electron chi connectivity index (χ3n) is 4.94. The Morgan fingerprint density at radius 2 is 1.93 bits per heavy atom. The lowest BCUT2D eigenvalue weighted by Crippen LogP contribution is -2.44. The van der Waals surface area contributed by atoms with E-state index in [1.807, 2.05) is 6.92 Å². The molecule has 0 bridgehead atoms. The minimum atomic E-state index is -3.83. The van der Waals surface area contributed by atoms with Crippen LogP contribution < -0.4 is 0 Å². The van der Waals surface area contributed by atoms with Gasteiger partial charge in [0.05, 0.1) is 10.6 Å². The molecule has 0 saturated carbocycles. The highest BCUT2D eigenvalue weighted by Gasteiger charge is 2.27. The number of likely N-dealkylation sites (tertiary alicyclic amines) is 1. The smallest absolute Gasteiger partial charge is 0.338 e. The summed E-state index contributed by atoms with van der Waals surface area (Å²) in [6, 6.07) is 4.07. The van der Waals surface area contributed by atoms with Gasteiger partial charge in [-0.1, -0.05) is 25.4 Å². The van der Waals surface area contributed by atoms with Crippen LogP contribution in [0.5, 0.6) is 0 Å². The molecule has 9 heteroatoms. The van der Waals surface area contributed by atoms with Crippen molar-refractivity contribution in [3.63, 3.8) is 0 Å². The highest BCUT2D eigenvalue weighted by molar-refractivity contribution is 7.89. The molecule has 156 valence electrons. The summed E-state index contributed by atoms with van der Waals surface area (Å²) in [5.74, 6) is -1.00. The van der Waals surface area contributed by atoms with E-state index in [4.69, 9.17) is 16.3 Å². The van der Waals surface area contributed by atoms with Crippen LogP contribution in [0.4, 0.5) is 0 Å². The van der Waals surface area contributed by atoms with E-state index >= 15 is 0 Å². The maximum Gasteiger partial charge on any atom is 0.338 e. The number of carbonyl (C=O) groups excluding carboxylic acids is 2. The van der Waals surface area contributed by atoms with Crippen LogP contribution in [0.1, 0.15) is 50.4 Å². The van der Waals surface area contributed by atoms with Crippen molar-refractivity contribution in [1.82, 2.24) is 9.21 Å². The first-order valence-corrected chi connectivity index (χ1v) is 11.3. The zero-order valence-corrected chi connectivity index (χ0v) is 18.1. The molecule has 1 heterocycles. The van der Waals surface area contributed by atoms with Gasteiger partial charge in [-0.25, -0.2) is 13.2 Å². The maximum absolute atomic E-state index is 12.7. The molecule has 0 radical (unpaired) electrons. The second-order valence-corrected chi connectivity index (χ2v) is 9.06. The average molecular weight is 431 g/mol. The molecular weight excluding hydrogens is 404 g/mol. The molecule has 1 saturated heterocycles. The first-order valence-electron chi connectivity index (χ1n) is 9.48. The molecule has 1 aromatic rings. The number of halogens is 1.